The molecule has 0 aliphatic rings. The standard InChI is InChI=1S/C32H29Br2N3O.ClH/c33-30-11-7-26(8-12-30)3-1-19-37(20-2-4-27-9-13-31(34)14-10-27)21-22-38-32-23-29(24-36-25-32)6-5-28-15-17-35-18-16-28;/h1-18,23-25H,19-22H2;1H. The minimum absolute atomic E-state index is 0. The first-order valence-corrected chi connectivity index (χ1v) is 14.0. The molecule has 0 saturated heterocycles. The topological polar surface area (TPSA) is 38.2 Å². The van der Waals surface area contributed by atoms with E-state index in [-0.39, 0.29) is 12.4 Å². The summed E-state index contributed by atoms with van der Waals surface area (Å²) in [7, 11) is 0. The molecule has 2 heterocycles. The quantitative estimate of drug-likeness (QED) is 0.152. The molecule has 0 amide bonds. The molecule has 2 aromatic heterocycles. The summed E-state index contributed by atoms with van der Waals surface area (Å²) in [5, 5.41) is 0. The van der Waals surface area contributed by atoms with Crippen LogP contribution in [0.25, 0.3) is 24.3 Å². The van der Waals surface area contributed by atoms with Crippen LogP contribution in [0.15, 0.2) is 113 Å². The lowest BCUT2D eigenvalue weighted by molar-refractivity contribution is 0.236. The SMILES string of the molecule is Brc1ccc(C=CCN(CC=Cc2ccc(Br)cc2)CCOc2cncc(C=Cc3ccncc3)c2)cc1.Cl. The van der Waals surface area contributed by atoms with Crippen molar-refractivity contribution in [2.45, 2.75) is 0 Å². The maximum atomic E-state index is 6.08. The van der Waals surface area contributed by atoms with E-state index in [4.69, 9.17) is 4.74 Å². The summed E-state index contributed by atoms with van der Waals surface area (Å²) < 4.78 is 8.24. The smallest absolute Gasteiger partial charge is 0.138 e. The molecule has 0 spiro atoms. The largest absolute Gasteiger partial charge is 0.491 e. The zero-order chi connectivity index (χ0) is 26.4. The van der Waals surface area contributed by atoms with Crippen LogP contribution >= 0.6 is 44.3 Å². The molecule has 0 fully saturated rings. The third kappa shape index (κ3) is 11.3. The summed E-state index contributed by atoms with van der Waals surface area (Å²) in [4.78, 5) is 10.7. The number of ether oxygens (including phenoxy) is 1. The normalized spacial score (nSPS) is 11.5. The van der Waals surface area contributed by atoms with Crippen LogP contribution in [-0.4, -0.2) is 41.1 Å². The summed E-state index contributed by atoms with van der Waals surface area (Å²) in [6.45, 7) is 2.98. The lowest BCUT2D eigenvalue weighted by atomic mass is 10.2. The predicted octanol–water partition coefficient (Wildman–Crippen LogP) is 8.70. The molecule has 0 aliphatic heterocycles. The Morgan fingerprint density at radius 3 is 1.77 bits per heavy atom. The van der Waals surface area contributed by atoms with Crippen molar-refractivity contribution in [3.8, 4) is 5.75 Å². The van der Waals surface area contributed by atoms with E-state index >= 15 is 0 Å². The number of aromatic nitrogens is 2. The lowest BCUT2D eigenvalue weighted by Gasteiger charge is -2.19. The van der Waals surface area contributed by atoms with E-state index in [2.05, 4.69) is 120 Å². The number of halogens is 3. The molecule has 200 valence electrons. The van der Waals surface area contributed by atoms with Crippen molar-refractivity contribution in [3.05, 3.63) is 135 Å². The molecule has 2 aromatic carbocycles. The highest BCUT2D eigenvalue weighted by molar-refractivity contribution is 9.10. The number of hydrogen-bond acceptors (Lipinski definition) is 4. The highest BCUT2D eigenvalue weighted by Crippen LogP contribution is 2.15. The van der Waals surface area contributed by atoms with Gasteiger partial charge in [-0.25, -0.2) is 0 Å². The van der Waals surface area contributed by atoms with E-state index < -0.39 is 0 Å². The molecule has 39 heavy (non-hydrogen) atoms. The van der Waals surface area contributed by atoms with Gasteiger partial charge in [-0.3, -0.25) is 14.9 Å². The molecule has 0 aliphatic carbocycles. The molecular formula is C32H30Br2ClN3O. The van der Waals surface area contributed by atoms with Gasteiger partial charge in [0.25, 0.3) is 0 Å². The van der Waals surface area contributed by atoms with Gasteiger partial charge in [0.15, 0.2) is 0 Å². The maximum Gasteiger partial charge on any atom is 0.138 e. The number of hydrogen-bond donors (Lipinski definition) is 0. The van der Waals surface area contributed by atoms with Gasteiger partial charge in [0.05, 0.1) is 6.20 Å². The predicted molar refractivity (Wildman–Crippen MR) is 173 cm³/mol. The summed E-state index contributed by atoms with van der Waals surface area (Å²) in [5.41, 5.74) is 4.44. The first-order chi connectivity index (χ1) is 18.6. The van der Waals surface area contributed by atoms with E-state index in [1.165, 1.54) is 11.1 Å². The average molecular weight is 668 g/mol. The van der Waals surface area contributed by atoms with E-state index in [9.17, 15) is 0 Å². The van der Waals surface area contributed by atoms with Crippen molar-refractivity contribution >= 4 is 68.6 Å². The van der Waals surface area contributed by atoms with Gasteiger partial charge in [-0.15, -0.1) is 12.4 Å². The van der Waals surface area contributed by atoms with Gasteiger partial charge in [-0.05, 0) is 64.7 Å². The Balaban J connectivity index is 0.00000420. The van der Waals surface area contributed by atoms with Gasteiger partial charge in [-0.1, -0.05) is 92.6 Å². The Labute approximate surface area is 253 Å². The summed E-state index contributed by atoms with van der Waals surface area (Å²) in [5.74, 6) is 0.762. The summed E-state index contributed by atoms with van der Waals surface area (Å²) in [6, 6.07) is 22.6. The molecule has 0 saturated carbocycles. The minimum atomic E-state index is 0. The molecule has 4 rings (SSSR count). The minimum Gasteiger partial charge on any atom is -0.491 e. The fourth-order valence-electron chi connectivity index (χ4n) is 3.65. The Morgan fingerprint density at radius 1 is 0.641 bits per heavy atom. The van der Waals surface area contributed by atoms with Crippen molar-refractivity contribution in [1.82, 2.24) is 14.9 Å². The van der Waals surface area contributed by atoms with Crippen LogP contribution in [0.4, 0.5) is 0 Å². The first kappa shape index (κ1) is 30.5. The molecule has 7 heteroatoms. The number of nitrogens with zero attached hydrogens (tertiary/aromatic N) is 3. The zero-order valence-electron chi connectivity index (χ0n) is 21.4. The van der Waals surface area contributed by atoms with Crippen LogP contribution in [0.1, 0.15) is 22.3 Å². The van der Waals surface area contributed by atoms with Crippen molar-refractivity contribution in [2.75, 3.05) is 26.2 Å². The second-order valence-electron chi connectivity index (χ2n) is 8.58. The van der Waals surface area contributed by atoms with Gasteiger partial charge in [0, 0.05) is 47.2 Å². The second-order valence-corrected chi connectivity index (χ2v) is 10.4. The number of pyridine rings is 2. The fourth-order valence-corrected chi connectivity index (χ4v) is 4.17. The number of rotatable bonds is 12. The molecule has 0 bridgehead atoms. The Hall–Kier alpha value is -3.03. The van der Waals surface area contributed by atoms with E-state index in [1.807, 2.05) is 36.5 Å². The zero-order valence-corrected chi connectivity index (χ0v) is 25.4. The third-order valence-corrected chi connectivity index (χ3v) is 6.73. The second kappa shape index (κ2) is 16.8. The average Bonchev–Trinajstić information content (AvgIpc) is 2.94. The van der Waals surface area contributed by atoms with E-state index in [1.54, 1.807) is 18.6 Å². The molecule has 0 N–H and O–H groups in total. The Morgan fingerprint density at radius 2 is 1.18 bits per heavy atom. The Kier molecular flexibility index (Phi) is 13.2. The highest BCUT2D eigenvalue weighted by atomic mass is 79.9. The van der Waals surface area contributed by atoms with Gasteiger partial charge in [-0.2, -0.15) is 0 Å². The molecule has 0 atom stereocenters. The maximum absolute atomic E-state index is 6.08. The van der Waals surface area contributed by atoms with Crippen LogP contribution in [0.5, 0.6) is 5.75 Å². The van der Waals surface area contributed by atoms with Crippen molar-refractivity contribution in [2.24, 2.45) is 0 Å². The number of benzene rings is 2. The van der Waals surface area contributed by atoms with E-state index in [0.29, 0.717) is 6.61 Å². The lowest BCUT2D eigenvalue weighted by Crippen LogP contribution is -2.29. The third-order valence-electron chi connectivity index (χ3n) is 5.67. The molecule has 4 nitrogen and oxygen atoms in total. The first-order valence-electron chi connectivity index (χ1n) is 12.4. The molecule has 0 unspecified atom stereocenters. The van der Waals surface area contributed by atoms with Crippen molar-refractivity contribution < 1.29 is 4.74 Å². The van der Waals surface area contributed by atoms with Gasteiger partial charge in [0.1, 0.15) is 12.4 Å². The highest BCUT2D eigenvalue weighted by Gasteiger charge is 2.03. The monoisotopic (exact) mass is 665 g/mol. The van der Waals surface area contributed by atoms with Gasteiger partial charge < -0.3 is 4.74 Å². The van der Waals surface area contributed by atoms with Crippen LogP contribution in [0.2, 0.25) is 0 Å². The van der Waals surface area contributed by atoms with Gasteiger partial charge >= 0.3 is 0 Å². The van der Waals surface area contributed by atoms with E-state index in [0.717, 1.165) is 45.5 Å². The molecule has 0 radical (unpaired) electrons. The fraction of sp³-hybridized carbons (Fsp3) is 0.125. The summed E-state index contributed by atoms with van der Waals surface area (Å²) >= 11 is 6.99. The van der Waals surface area contributed by atoms with Crippen LogP contribution in [0, 0.1) is 0 Å². The van der Waals surface area contributed by atoms with Crippen molar-refractivity contribution in [3.63, 3.8) is 0 Å². The van der Waals surface area contributed by atoms with Gasteiger partial charge in [0.2, 0.25) is 0 Å². The van der Waals surface area contributed by atoms with Crippen LogP contribution < -0.4 is 4.74 Å². The molecule has 4 aromatic rings. The summed E-state index contributed by atoms with van der Waals surface area (Å²) in [6.07, 6.45) is 19.9. The van der Waals surface area contributed by atoms with Crippen LogP contribution in [0.3, 0.4) is 0 Å². The van der Waals surface area contributed by atoms with Crippen LogP contribution in [-0.2, 0) is 0 Å². The Bertz CT molecular complexity index is 1300. The van der Waals surface area contributed by atoms with Crippen molar-refractivity contribution in [1.29, 1.82) is 0 Å². The molecular weight excluding hydrogens is 638 g/mol.